The van der Waals surface area contributed by atoms with Gasteiger partial charge in [0.15, 0.2) is 0 Å². The van der Waals surface area contributed by atoms with Crippen LogP contribution in [0.2, 0.25) is 15.1 Å². The van der Waals surface area contributed by atoms with Gasteiger partial charge in [-0.3, -0.25) is 14.4 Å². The van der Waals surface area contributed by atoms with Gasteiger partial charge in [0, 0.05) is 51.4 Å². The molecule has 216 valence electrons. The minimum atomic E-state index is -0.380. The topological polar surface area (TPSA) is 87.3 Å². The highest BCUT2D eigenvalue weighted by atomic mass is 35.5. The summed E-state index contributed by atoms with van der Waals surface area (Å²) < 4.78 is 0. The maximum atomic E-state index is 13.1. The average molecular weight is 623 g/mol. The van der Waals surface area contributed by atoms with Crippen molar-refractivity contribution in [3.63, 3.8) is 0 Å². The van der Waals surface area contributed by atoms with Crippen molar-refractivity contribution in [3.05, 3.63) is 139 Å². The molecule has 4 aromatic carbocycles. The molecule has 0 aromatic heterocycles. The zero-order valence-electron chi connectivity index (χ0n) is 22.8. The van der Waals surface area contributed by atoms with Gasteiger partial charge in [-0.15, -0.1) is 0 Å². The Morgan fingerprint density at radius 1 is 0.429 bits per heavy atom. The van der Waals surface area contributed by atoms with E-state index in [0.717, 1.165) is 16.7 Å². The Kier molecular flexibility index (Phi) is 11.4. The third-order valence-corrected chi connectivity index (χ3v) is 7.31. The van der Waals surface area contributed by atoms with Crippen molar-refractivity contribution in [1.29, 1.82) is 0 Å². The Balaban J connectivity index is 1.43. The van der Waals surface area contributed by atoms with Crippen molar-refractivity contribution in [2.24, 2.45) is 0 Å². The molecule has 0 saturated heterocycles. The fraction of sp³-hybridized carbons (Fsp3) is 0.182. The smallest absolute Gasteiger partial charge is 0.251 e. The number of benzene rings is 4. The molecule has 0 aliphatic rings. The largest absolute Gasteiger partial charge is 0.352 e. The monoisotopic (exact) mass is 621 g/mol. The van der Waals surface area contributed by atoms with Crippen molar-refractivity contribution < 1.29 is 14.4 Å². The number of halogens is 3. The van der Waals surface area contributed by atoms with Gasteiger partial charge in [-0.1, -0.05) is 71.2 Å². The van der Waals surface area contributed by atoms with Gasteiger partial charge in [0.2, 0.25) is 0 Å². The number of amides is 3. The van der Waals surface area contributed by atoms with Crippen molar-refractivity contribution in [1.82, 2.24) is 16.0 Å². The van der Waals surface area contributed by atoms with E-state index in [0.29, 0.717) is 54.0 Å². The van der Waals surface area contributed by atoms with E-state index >= 15 is 0 Å². The quantitative estimate of drug-likeness (QED) is 0.167. The Bertz CT molecular complexity index is 1330. The van der Waals surface area contributed by atoms with Crippen LogP contribution in [0, 0.1) is 0 Å². The predicted molar refractivity (Wildman–Crippen MR) is 169 cm³/mol. The first kappa shape index (κ1) is 31.1. The van der Waals surface area contributed by atoms with Crippen LogP contribution >= 0.6 is 34.8 Å². The summed E-state index contributed by atoms with van der Waals surface area (Å²) >= 11 is 17.8. The summed E-state index contributed by atoms with van der Waals surface area (Å²) in [6.07, 6.45) is 1.81. The molecule has 9 heteroatoms. The van der Waals surface area contributed by atoms with Crippen molar-refractivity contribution >= 4 is 52.5 Å². The molecule has 4 aromatic rings. The molecule has 42 heavy (non-hydrogen) atoms. The molecular weight excluding hydrogens is 593 g/mol. The number of hydrogen-bond acceptors (Lipinski definition) is 3. The van der Waals surface area contributed by atoms with Crippen LogP contribution in [0.3, 0.4) is 0 Å². The van der Waals surface area contributed by atoms with Gasteiger partial charge in [-0.2, -0.15) is 0 Å². The van der Waals surface area contributed by atoms with Crippen LogP contribution in [0.25, 0.3) is 0 Å². The van der Waals surface area contributed by atoms with Gasteiger partial charge < -0.3 is 16.0 Å². The Hall–Kier alpha value is -3.84. The summed E-state index contributed by atoms with van der Waals surface area (Å²) in [7, 11) is 0. The lowest BCUT2D eigenvalue weighted by Gasteiger charge is -2.12. The minimum absolute atomic E-state index is 0.222. The number of carbonyl (C=O) groups excluding carboxylic acids is 3. The van der Waals surface area contributed by atoms with E-state index in [9.17, 15) is 14.4 Å². The summed E-state index contributed by atoms with van der Waals surface area (Å²) in [5.41, 5.74) is 3.73. The Labute approximate surface area is 260 Å². The summed E-state index contributed by atoms with van der Waals surface area (Å²) in [6.45, 7) is 1.13. The molecule has 0 bridgehead atoms. The van der Waals surface area contributed by atoms with Crippen LogP contribution in [-0.4, -0.2) is 37.4 Å². The molecule has 0 atom stereocenters. The van der Waals surface area contributed by atoms with Crippen LogP contribution < -0.4 is 16.0 Å². The molecule has 0 heterocycles. The molecule has 0 aliphatic heterocycles. The number of rotatable bonds is 12. The van der Waals surface area contributed by atoms with E-state index in [1.807, 2.05) is 36.4 Å². The molecule has 3 amide bonds. The van der Waals surface area contributed by atoms with E-state index in [2.05, 4.69) is 16.0 Å². The summed E-state index contributed by atoms with van der Waals surface area (Å²) in [5, 5.41) is 10.6. The molecule has 0 spiro atoms. The Morgan fingerprint density at radius 3 is 0.905 bits per heavy atom. The number of hydrogen-bond donors (Lipinski definition) is 3. The molecule has 3 N–H and O–H groups in total. The van der Waals surface area contributed by atoms with Crippen LogP contribution in [0.5, 0.6) is 0 Å². The fourth-order valence-electron chi connectivity index (χ4n) is 4.24. The van der Waals surface area contributed by atoms with Gasteiger partial charge in [0.05, 0.1) is 0 Å². The molecule has 0 radical (unpaired) electrons. The lowest BCUT2D eigenvalue weighted by Crippen LogP contribution is -2.30. The first-order valence-electron chi connectivity index (χ1n) is 13.5. The number of carbonyl (C=O) groups is 3. The first-order valence-corrected chi connectivity index (χ1v) is 14.6. The van der Waals surface area contributed by atoms with Crippen LogP contribution in [-0.2, 0) is 19.3 Å². The second-order valence-electron chi connectivity index (χ2n) is 9.70. The molecule has 0 fully saturated rings. The minimum Gasteiger partial charge on any atom is -0.352 e. The molecule has 0 unspecified atom stereocenters. The van der Waals surface area contributed by atoms with Crippen molar-refractivity contribution in [3.8, 4) is 0 Å². The van der Waals surface area contributed by atoms with Gasteiger partial charge in [-0.05, 0) is 90.6 Å². The molecule has 0 saturated carbocycles. The van der Waals surface area contributed by atoms with Gasteiger partial charge >= 0.3 is 0 Å². The van der Waals surface area contributed by atoms with Gasteiger partial charge in [0.25, 0.3) is 17.7 Å². The second kappa shape index (κ2) is 15.4. The third kappa shape index (κ3) is 9.62. The lowest BCUT2D eigenvalue weighted by molar-refractivity contribution is 0.0953. The standard InChI is InChI=1S/C33H30Cl3N3O3/c34-28-7-1-22(2-8-28)13-16-37-31(40)25-19-26(32(41)38-17-14-23-3-9-29(35)10-4-23)21-27(20-25)33(42)39-18-15-24-5-11-30(36)12-6-24/h1-12,19-21H,13-18H2,(H,37,40)(H,38,41)(H,39,42). The Morgan fingerprint density at radius 2 is 0.667 bits per heavy atom. The maximum absolute atomic E-state index is 13.1. The van der Waals surface area contributed by atoms with Crippen LogP contribution in [0.1, 0.15) is 47.8 Å². The van der Waals surface area contributed by atoms with E-state index in [-0.39, 0.29) is 34.4 Å². The average Bonchev–Trinajstić information content (AvgIpc) is 2.99. The van der Waals surface area contributed by atoms with E-state index in [1.54, 1.807) is 36.4 Å². The van der Waals surface area contributed by atoms with Crippen LogP contribution in [0.4, 0.5) is 0 Å². The third-order valence-electron chi connectivity index (χ3n) is 6.56. The highest BCUT2D eigenvalue weighted by Gasteiger charge is 2.16. The van der Waals surface area contributed by atoms with E-state index in [4.69, 9.17) is 34.8 Å². The van der Waals surface area contributed by atoms with E-state index < -0.39 is 0 Å². The predicted octanol–water partition coefficient (Wildman–Crippen LogP) is 6.56. The molecular formula is C33H30Cl3N3O3. The fourth-order valence-corrected chi connectivity index (χ4v) is 4.62. The van der Waals surface area contributed by atoms with Crippen molar-refractivity contribution in [2.75, 3.05) is 19.6 Å². The first-order chi connectivity index (χ1) is 20.3. The zero-order valence-corrected chi connectivity index (χ0v) is 25.0. The normalized spacial score (nSPS) is 10.6. The van der Waals surface area contributed by atoms with Gasteiger partial charge in [0.1, 0.15) is 0 Å². The van der Waals surface area contributed by atoms with Crippen LogP contribution in [0.15, 0.2) is 91.0 Å². The SMILES string of the molecule is O=C(NCCc1ccc(Cl)cc1)c1cc(C(=O)NCCc2ccc(Cl)cc2)cc(C(=O)NCCc2ccc(Cl)cc2)c1. The lowest BCUT2D eigenvalue weighted by atomic mass is 10.0. The second-order valence-corrected chi connectivity index (χ2v) is 11.0. The summed E-state index contributed by atoms with van der Waals surface area (Å²) in [4.78, 5) is 39.2. The molecule has 0 aliphatic carbocycles. The highest BCUT2D eigenvalue weighted by Crippen LogP contribution is 2.14. The number of nitrogens with one attached hydrogen (secondary N) is 3. The maximum Gasteiger partial charge on any atom is 0.251 e. The molecule has 4 rings (SSSR count). The van der Waals surface area contributed by atoms with E-state index in [1.165, 1.54) is 18.2 Å². The summed E-state index contributed by atoms with van der Waals surface area (Å²) in [5.74, 6) is -1.14. The van der Waals surface area contributed by atoms with Crippen molar-refractivity contribution in [2.45, 2.75) is 19.3 Å². The summed E-state index contributed by atoms with van der Waals surface area (Å²) in [6, 6.07) is 26.7. The zero-order chi connectivity index (χ0) is 29.9. The molecule has 6 nitrogen and oxygen atoms in total. The van der Waals surface area contributed by atoms with Gasteiger partial charge in [-0.25, -0.2) is 0 Å². The highest BCUT2D eigenvalue weighted by molar-refractivity contribution is 6.31.